The zero-order chi connectivity index (χ0) is 20.5. The van der Waals surface area contributed by atoms with Gasteiger partial charge in [0.05, 0.1) is 18.8 Å². The summed E-state index contributed by atoms with van der Waals surface area (Å²) in [4.78, 5) is 12.3. The van der Waals surface area contributed by atoms with Gasteiger partial charge in [-0.3, -0.25) is 4.79 Å². The molecule has 0 aliphatic heterocycles. The van der Waals surface area contributed by atoms with Gasteiger partial charge in [0.1, 0.15) is 0 Å². The normalized spacial score (nSPS) is 11.5. The number of nitrogens with one attached hydrogen (secondary N) is 1. The van der Waals surface area contributed by atoms with E-state index in [0.29, 0.717) is 13.2 Å². The summed E-state index contributed by atoms with van der Waals surface area (Å²) in [5.41, 5.74) is 3.99. The molecular formula is C26H27NO2. The van der Waals surface area contributed by atoms with Gasteiger partial charge in [-0.2, -0.15) is 0 Å². The Bertz CT molecular complexity index is 929. The van der Waals surface area contributed by atoms with E-state index in [-0.39, 0.29) is 5.91 Å². The van der Waals surface area contributed by atoms with Crippen LogP contribution in [0.3, 0.4) is 0 Å². The van der Waals surface area contributed by atoms with Crippen LogP contribution in [0.5, 0.6) is 0 Å². The molecule has 3 rings (SSSR count). The van der Waals surface area contributed by atoms with Crippen molar-refractivity contribution in [3.05, 3.63) is 102 Å². The van der Waals surface area contributed by atoms with Crippen molar-refractivity contribution in [2.75, 3.05) is 6.61 Å². The molecule has 0 fully saturated rings. The van der Waals surface area contributed by atoms with Crippen molar-refractivity contribution in [3.8, 4) is 11.1 Å². The minimum atomic E-state index is -0.451. The number of rotatable bonds is 8. The van der Waals surface area contributed by atoms with Crippen LogP contribution in [0.15, 0.2) is 91.0 Å². The Balaban J connectivity index is 1.49. The molecule has 3 heteroatoms. The number of hydrogen-bond donors (Lipinski definition) is 1. The minimum absolute atomic E-state index is 0.134. The maximum atomic E-state index is 12.3. The van der Waals surface area contributed by atoms with Gasteiger partial charge in [-0.1, -0.05) is 84.9 Å². The van der Waals surface area contributed by atoms with Gasteiger partial charge < -0.3 is 10.1 Å². The second kappa shape index (κ2) is 9.85. The first-order chi connectivity index (χ1) is 14.0. The molecule has 3 aromatic carbocycles. The highest BCUT2D eigenvalue weighted by atomic mass is 16.5. The van der Waals surface area contributed by atoms with Crippen molar-refractivity contribution < 1.29 is 9.53 Å². The van der Waals surface area contributed by atoms with E-state index in [9.17, 15) is 4.79 Å². The average molecular weight is 386 g/mol. The third-order valence-corrected chi connectivity index (χ3v) is 4.48. The summed E-state index contributed by atoms with van der Waals surface area (Å²) in [7, 11) is 0. The molecule has 3 aromatic rings. The minimum Gasteiger partial charge on any atom is -0.374 e. The van der Waals surface area contributed by atoms with Gasteiger partial charge in [0.2, 0.25) is 5.91 Å². The third-order valence-electron chi connectivity index (χ3n) is 4.48. The number of amides is 1. The lowest BCUT2D eigenvalue weighted by Gasteiger charge is -2.25. The zero-order valence-corrected chi connectivity index (χ0v) is 17.0. The van der Waals surface area contributed by atoms with Crippen LogP contribution in [0.1, 0.15) is 25.0 Å². The monoisotopic (exact) mass is 385 g/mol. The lowest BCUT2D eigenvalue weighted by atomic mass is 10.0. The van der Waals surface area contributed by atoms with Crippen molar-refractivity contribution in [1.82, 2.24) is 5.32 Å². The van der Waals surface area contributed by atoms with Gasteiger partial charge in [-0.05, 0) is 42.2 Å². The molecule has 29 heavy (non-hydrogen) atoms. The van der Waals surface area contributed by atoms with Crippen molar-refractivity contribution in [2.45, 2.75) is 26.0 Å². The molecule has 3 nitrogen and oxygen atoms in total. The average Bonchev–Trinajstić information content (AvgIpc) is 2.73. The number of carbonyl (C=O) groups excluding carboxylic acids is 1. The molecule has 148 valence electrons. The quantitative estimate of drug-likeness (QED) is 0.522. The van der Waals surface area contributed by atoms with E-state index in [2.05, 4.69) is 29.6 Å². The fraction of sp³-hybridized carbons (Fsp3) is 0.192. The number of carbonyl (C=O) groups is 1. The molecule has 0 aliphatic carbocycles. The van der Waals surface area contributed by atoms with Gasteiger partial charge in [0, 0.05) is 6.08 Å². The summed E-state index contributed by atoms with van der Waals surface area (Å²) >= 11 is 0. The van der Waals surface area contributed by atoms with Crippen molar-refractivity contribution >= 4 is 12.0 Å². The molecule has 0 aromatic heterocycles. The highest BCUT2D eigenvalue weighted by Gasteiger charge is 2.19. The van der Waals surface area contributed by atoms with Crippen LogP contribution in [-0.2, 0) is 16.1 Å². The summed E-state index contributed by atoms with van der Waals surface area (Å²) in [5.74, 6) is -0.134. The molecule has 1 amide bonds. The fourth-order valence-electron chi connectivity index (χ4n) is 3.00. The van der Waals surface area contributed by atoms with Crippen molar-refractivity contribution in [3.63, 3.8) is 0 Å². The zero-order valence-electron chi connectivity index (χ0n) is 17.0. The lowest BCUT2D eigenvalue weighted by Crippen LogP contribution is -2.46. The third kappa shape index (κ3) is 6.74. The van der Waals surface area contributed by atoms with E-state index in [0.717, 1.165) is 16.7 Å². The van der Waals surface area contributed by atoms with Crippen LogP contribution in [0.4, 0.5) is 0 Å². The second-order valence-electron chi connectivity index (χ2n) is 7.67. The first kappa shape index (κ1) is 20.6. The summed E-state index contributed by atoms with van der Waals surface area (Å²) in [6.45, 7) is 4.88. The van der Waals surface area contributed by atoms with Crippen LogP contribution in [0.25, 0.3) is 17.2 Å². The standard InChI is InChI=1S/C26H27NO2/c1-26(2,20-29-19-22-9-5-3-6-10-22)27-25(28)18-15-21-13-16-24(17-14-21)23-11-7-4-8-12-23/h3-18H,19-20H2,1-2H3,(H,27,28)/b18-15+. The van der Waals surface area contributed by atoms with E-state index in [4.69, 9.17) is 4.74 Å². The molecular weight excluding hydrogens is 358 g/mol. The Morgan fingerprint density at radius 2 is 1.45 bits per heavy atom. The van der Waals surface area contributed by atoms with Crippen LogP contribution in [-0.4, -0.2) is 18.1 Å². The molecule has 1 N–H and O–H groups in total. The van der Waals surface area contributed by atoms with Crippen LogP contribution >= 0.6 is 0 Å². The fourth-order valence-corrected chi connectivity index (χ4v) is 3.00. The van der Waals surface area contributed by atoms with Crippen molar-refractivity contribution in [1.29, 1.82) is 0 Å². The van der Waals surface area contributed by atoms with Gasteiger partial charge in [-0.25, -0.2) is 0 Å². The smallest absolute Gasteiger partial charge is 0.244 e. The van der Waals surface area contributed by atoms with Gasteiger partial charge in [0.25, 0.3) is 0 Å². The molecule has 0 spiro atoms. The Morgan fingerprint density at radius 1 is 0.862 bits per heavy atom. The van der Waals surface area contributed by atoms with E-state index in [1.165, 1.54) is 5.56 Å². The predicted octanol–water partition coefficient (Wildman–Crippen LogP) is 5.48. The Kier molecular flexibility index (Phi) is 6.99. The Morgan fingerprint density at radius 3 is 2.10 bits per heavy atom. The summed E-state index contributed by atoms with van der Waals surface area (Å²) in [6, 6.07) is 28.4. The number of ether oxygens (including phenoxy) is 1. The Labute approximate surface area is 173 Å². The van der Waals surface area contributed by atoms with Gasteiger partial charge in [0.15, 0.2) is 0 Å². The summed E-state index contributed by atoms with van der Waals surface area (Å²) in [5, 5.41) is 3.00. The SMILES string of the molecule is CC(C)(COCc1ccccc1)NC(=O)/C=C/c1ccc(-c2ccccc2)cc1. The number of benzene rings is 3. The van der Waals surface area contributed by atoms with Crippen LogP contribution in [0, 0.1) is 0 Å². The Hall–Kier alpha value is -3.17. The van der Waals surface area contributed by atoms with E-state index < -0.39 is 5.54 Å². The van der Waals surface area contributed by atoms with Crippen molar-refractivity contribution in [2.24, 2.45) is 0 Å². The first-order valence-electron chi connectivity index (χ1n) is 9.79. The highest BCUT2D eigenvalue weighted by Crippen LogP contribution is 2.19. The summed E-state index contributed by atoms with van der Waals surface area (Å²) < 4.78 is 5.76. The van der Waals surface area contributed by atoms with E-state index >= 15 is 0 Å². The molecule has 0 saturated carbocycles. The van der Waals surface area contributed by atoms with Gasteiger partial charge in [-0.15, -0.1) is 0 Å². The first-order valence-corrected chi connectivity index (χ1v) is 9.79. The van der Waals surface area contributed by atoms with Gasteiger partial charge >= 0.3 is 0 Å². The van der Waals surface area contributed by atoms with Crippen LogP contribution < -0.4 is 5.32 Å². The molecule has 0 saturated heterocycles. The molecule has 0 unspecified atom stereocenters. The summed E-state index contributed by atoms with van der Waals surface area (Å²) in [6.07, 6.45) is 3.39. The van der Waals surface area contributed by atoms with E-state index in [1.807, 2.05) is 80.6 Å². The molecule has 0 heterocycles. The molecule has 0 bridgehead atoms. The highest BCUT2D eigenvalue weighted by molar-refractivity contribution is 5.92. The number of hydrogen-bond acceptors (Lipinski definition) is 2. The maximum absolute atomic E-state index is 12.3. The second-order valence-corrected chi connectivity index (χ2v) is 7.67. The topological polar surface area (TPSA) is 38.3 Å². The van der Waals surface area contributed by atoms with E-state index in [1.54, 1.807) is 6.08 Å². The maximum Gasteiger partial charge on any atom is 0.244 e. The molecule has 0 radical (unpaired) electrons. The molecule has 0 atom stereocenters. The largest absolute Gasteiger partial charge is 0.374 e. The lowest BCUT2D eigenvalue weighted by molar-refractivity contribution is -0.118. The predicted molar refractivity (Wildman–Crippen MR) is 119 cm³/mol. The molecule has 0 aliphatic rings. The van der Waals surface area contributed by atoms with Crippen LogP contribution in [0.2, 0.25) is 0 Å².